The molecule has 4 nitrogen and oxygen atoms in total. The predicted octanol–water partition coefficient (Wildman–Crippen LogP) is 2.76. The van der Waals surface area contributed by atoms with E-state index in [1.807, 2.05) is 13.0 Å². The highest BCUT2D eigenvalue weighted by atomic mass is 16.4. The molecule has 1 aromatic carbocycles. The lowest BCUT2D eigenvalue weighted by molar-refractivity contribution is 0.322. The van der Waals surface area contributed by atoms with Gasteiger partial charge < -0.3 is 10.1 Å². The third-order valence-electron chi connectivity index (χ3n) is 3.71. The second kappa shape index (κ2) is 5.33. The van der Waals surface area contributed by atoms with Gasteiger partial charge in [-0.3, -0.25) is 0 Å². The van der Waals surface area contributed by atoms with E-state index in [1.165, 1.54) is 17.3 Å². The summed E-state index contributed by atoms with van der Waals surface area (Å²) in [4.78, 5) is 6.82. The number of benzene rings is 1. The number of oxime groups is 1. The van der Waals surface area contributed by atoms with Gasteiger partial charge in [0, 0.05) is 24.8 Å². The molecule has 102 valence electrons. The molecule has 0 atom stereocenters. The summed E-state index contributed by atoms with van der Waals surface area (Å²) in [7, 11) is 0. The fraction of sp³-hybridized carbons (Fsp3) is 0.250. The lowest BCUT2D eigenvalue weighted by Gasteiger charge is -2.30. The number of hydrogen-bond donors (Lipinski definition) is 1. The van der Waals surface area contributed by atoms with Crippen LogP contribution < -0.4 is 4.90 Å². The fourth-order valence-corrected chi connectivity index (χ4v) is 2.73. The van der Waals surface area contributed by atoms with Crippen LogP contribution in [-0.2, 0) is 13.0 Å². The zero-order valence-corrected chi connectivity index (χ0v) is 11.5. The smallest absolute Gasteiger partial charge is 0.131 e. The number of aryl methyl sites for hydroxylation is 1. The molecule has 3 rings (SSSR count). The van der Waals surface area contributed by atoms with E-state index < -0.39 is 0 Å². The molecule has 2 heterocycles. The van der Waals surface area contributed by atoms with Crippen LogP contribution in [-0.4, -0.2) is 23.0 Å². The van der Waals surface area contributed by atoms with E-state index in [0.29, 0.717) is 0 Å². The van der Waals surface area contributed by atoms with E-state index in [0.717, 1.165) is 36.5 Å². The maximum Gasteiger partial charge on any atom is 0.131 e. The number of hydrogen-bond acceptors (Lipinski definition) is 4. The first-order chi connectivity index (χ1) is 9.78. The van der Waals surface area contributed by atoms with E-state index in [9.17, 15) is 0 Å². The molecule has 1 aromatic heterocycles. The number of anilines is 1. The molecule has 20 heavy (non-hydrogen) atoms. The molecule has 0 fully saturated rings. The molecule has 1 N–H and O–H groups in total. The van der Waals surface area contributed by atoms with Crippen molar-refractivity contribution in [2.75, 3.05) is 11.4 Å². The van der Waals surface area contributed by atoms with Crippen LogP contribution in [0.1, 0.15) is 22.3 Å². The summed E-state index contributed by atoms with van der Waals surface area (Å²) >= 11 is 0. The van der Waals surface area contributed by atoms with Gasteiger partial charge in [0.2, 0.25) is 0 Å². The number of nitrogens with zero attached hydrogens (tertiary/aromatic N) is 3. The van der Waals surface area contributed by atoms with Crippen molar-refractivity contribution in [2.45, 2.75) is 19.9 Å². The summed E-state index contributed by atoms with van der Waals surface area (Å²) in [6.45, 7) is 3.92. The third-order valence-corrected chi connectivity index (χ3v) is 3.71. The van der Waals surface area contributed by atoms with Crippen LogP contribution in [0.25, 0.3) is 0 Å². The Bertz CT molecular complexity index is 652. The number of rotatable bonds is 2. The minimum Gasteiger partial charge on any atom is -0.411 e. The molecular weight excluding hydrogens is 250 g/mol. The summed E-state index contributed by atoms with van der Waals surface area (Å²) in [6.07, 6.45) is 4.19. The second-order valence-electron chi connectivity index (χ2n) is 5.09. The Balaban J connectivity index is 1.88. The largest absolute Gasteiger partial charge is 0.411 e. The number of pyridine rings is 1. The Morgan fingerprint density at radius 2 is 2.10 bits per heavy atom. The van der Waals surface area contributed by atoms with Gasteiger partial charge in [0.05, 0.1) is 6.21 Å². The summed E-state index contributed by atoms with van der Waals surface area (Å²) < 4.78 is 0. The Kier molecular flexibility index (Phi) is 3.37. The molecule has 0 amide bonds. The summed E-state index contributed by atoms with van der Waals surface area (Å²) in [5, 5.41) is 11.6. The van der Waals surface area contributed by atoms with Crippen LogP contribution in [0.2, 0.25) is 0 Å². The molecule has 1 aliphatic rings. The van der Waals surface area contributed by atoms with Gasteiger partial charge in [-0.25, -0.2) is 4.98 Å². The Hall–Kier alpha value is -2.36. The van der Waals surface area contributed by atoms with Gasteiger partial charge in [-0.05, 0) is 36.1 Å². The van der Waals surface area contributed by atoms with Crippen LogP contribution >= 0.6 is 0 Å². The van der Waals surface area contributed by atoms with E-state index >= 15 is 0 Å². The minimum absolute atomic E-state index is 0.811. The lowest BCUT2D eigenvalue weighted by Crippen LogP contribution is -2.31. The van der Waals surface area contributed by atoms with Crippen molar-refractivity contribution in [3.05, 3.63) is 58.8 Å². The maximum absolute atomic E-state index is 8.57. The number of aromatic nitrogens is 1. The van der Waals surface area contributed by atoms with Crippen molar-refractivity contribution in [2.24, 2.45) is 5.16 Å². The zero-order valence-electron chi connectivity index (χ0n) is 11.5. The van der Waals surface area contributed by atoms with Gasteiger partial charge in [0.1, 0.15) is 5.82 Å². The van der Waals surface area contributed by atoms with E-state index in [-0.39, 0.29) is 0 Å². The Morgan fingerprint density at radius 1 is 1.30 bits per heavy atom. The van der Waals surface area contributed by atoms with Gasteiger partial charge in [-0.2, -0.15) is 0 Å². The highest BCUT2D eigenvalue weighted by molar-refractivity contribution is 5.79. The average molecular weight is 267 g/mol. The monoisotopic (exact) mass is 267 g/mol. The van der Waals surface area contributed by atoms with Gasteiger partial charge in [0.15, 0.2) is 0 Å². The second-order valence-corrected chi connectivity index (χ2v) is 5.09. The normalized spacial score (nSPS) is 14.6. The van der Waals surface area contributed by atoms with E-state index in [4.69, 9.17) is 5.21 Å². The van der Waals surface area contributed by atoms with Crippen molar-refractivity contribution < 1.29 is 5.21 Å². The van der Waals surface area contributed by atoms with Crippen molar-refractivity contribution in [1.29, 1.82) is 0 Å². The average Bonchev–Trinajstić information content (AvgIpc) is 2.47. The molecule has 0 spiro atoms. The standard InChI is InChI=1S/C16H17N3O/c1-12-8-13(10-18-20)9-17-16(12)19-7-6-14-4-2-3-5-15(14)11-19/h2-5,8-10,20H,6-7,11H2,1H3/b18-10-. The third kappa shape index (κ3) is 2.37. The first kappa shape index (κ1) is 12.7. The molecular formula is C16H17N3O. The molecule has 0 saturated carbocycles. The van der Waals surface area contributed by atoms with Gasteiger partial charge in [-0.1, -0.05) is 29.4 Å². The van der Waals surface area contributed by atoms with Gasteiger partial charge in [0.25, 0.3) is 0 Å². The van der Waals surface area contributed by atoms with E-state index in [1.54, 1.807) is 6.20 Å². The fourth-order valence-electron chi connectivity index (χ4n) is 2.73. The van der Waals surface area contributed by atoms with Crippen molar-refractivity contribution in [1.82, 2.24) is 4.98 Å². The maximum atomic E-state index is 8.57. The van der Waals surface area contributed by atoms with E-state index in [2.05, 4.69) is 39.3 Å². The topological polar surface area (TPSA) is 48.7 Å². The molecule has 0 saturated heterocycles. The van der Waals surface area contributed by atoms with Crippen molar-refractivity contribution >= 4 is 12.0 Å². The molecule has 0 unspecified atom stereocenters. The van der Waals surface area contributed by atoms with Crippen LogP contribution in [0.5, 0.6) is 0 Å². The molecule has 0 radical (unpaired) electrons. The van der Waals surface area contributed by atoms with Crippen LogP contribution in [0, 0.1) is 6.92 Å². The quantitative estimate of drug-likeness (QED) is 0.517. The highest BCUT2D eigenvalue weighted by Gasteiger charge is 2.18. The summed E-state index contributed by atoms with van der Waals surface area (Å²) in [5.41, 5.74) is 4.72. The lowest BCUT2D eigenvalue weighted by atomic mass is 9.99. The SMILES string of the molecule is Cc1cc(/C=N\O)cnc1N1CCc2ccccc2C1. The van der Waals surface area contributed by atoms with Crippen molar-refractivity contribution in [3.8, 4) is 0 Å². The molecule has 0 aliphatic carbocycles. The molecule has 1 aliphatic heterocycles. The van der Waals surface area contributed by atoms with Gasteiger partial charge in [-0.15, -0.1) is 0 Å². The van der Waals surface area contributed by atoms with Gasteiger partial charge >= 0.3 is 0 Å². The first-order valence-electron chi connectivity index (χ1n) is 6.74. The minimum atomic E-state index is 0.811. The summed E-state index contributed by atoms with van der Waals surface area (Å²) in [5.74, 6) is 1.01. The van der Waals surface area contributed by atoms with Crippen LogP contribution in [0.15, 0.2) is 41.7 Å². The molecule has 2 aromatic rings. The number of fused-ring (bicyclic) bond motifs is 1. The summed E-state index contributed by atoms with van der Waals surface area (Å²) in [6, 6.07) is 10.6. The Morgan fingerprint density at radius 3 is 2.85 bits per heavy atom. The van der Waals surface area contributed by atoms with Crippen LogP contribution in [0.4, 0.5) is 5.82 Å². The Labute approximate surface area is 118 Å². The first-order valence-corrected chi connectivity index (χ1v) is 6.74. The highest BCUT2D eigenvalue weighted by Crippen LogP contribution is 2.25. The zero-order chi connectivity index (χ0) is 13.9. The van der Waals surface area contributed by atoms with Crippen molar-refractivity contribution in [3.63, 3.8) is 0 Å². The molecule has 0 bridgehead atoms. The van der Waals surface area contributed by atoms with Crippen LogP contribution in [0.3, 0.4) is 0 Å². The predicted molar refractivity (Wildman–Crippen MR) is 79.6 cm³/mol. The molecule has 4 heteroatoms.